The minimum Gasteiger partial charge on any atom is -0.456 e. The standard InChI is InChI=1S/C68H46N2O/c1-4-17-47(18-5-1)50-31-35-55(36-32-50)69(56-37-33-51(34-38-56)48-19-6-2-7-20-48)59-42-54(65-44-53-23-10-11-26-61(53)62-27-12-13-28-63(62)65)43-60(45-59)70(57-25-16-24-52(41-57)49-21-8-3-9-22-49)58-39-40-68-66(46-58)64-29-14-15-30-67(64)71-68/h1-46H. The lowest BCUT2D eigenvalue weighted by atomic mass is 9.92. The molecule has 0 spiro atoms. The third-order valence-electron chi connectivity index (χ3n) is 13.8. The molecule has 0 atom stereocenters. The van der Waals surface area contributed by atoms with Crippen molar-refractivity contribution in [2.75, 3.05) is 9.80 Å². The summed E-state index contributed by atoms with van der Waals surface area (Å²) in [4.78, 5) is 4.82. The summed E-state index contributed by atoms with van der Waals surface area (Å²) in [5, 5.41) is 7.01. The second kappa shape index (κ2) is 17.9. The van der Waals surface area contributed by atoms with Gasteiger partial charge in [-0.25, -0.2) is 0 Å². The summed E-state index contributed by atoms with van der Waals surface area (Å²) in [7, 11) is 0. The molecule has 1 heterocycles. The summed E-state index contributed by atoms with van der Waals surface area (Å²) in [5.41, 5.74) is 17.2. The molecule has 0 amide bonds. The largest absolute Gasteiger partial charge is 0.456 e. The van der Waals surface area contributed by atoms with E-state index in [2.05, 4.69) is 277 Å². The molecule has 0 radical (unpaired) electrons. The maximum atomic E-state index is 6.43. The first-order valence-corrected chi connectivity index (χ1v) is 24.2. The van der Waals surface area contributed by atoms with Gasteiger partial charge in [-0.3, -0.25) is 0 Å². The van der Waals surface area contributed by atoms with E-state index in [4.69, 9.17) is 4.42 Å². The van der Waals surface area contributed by atoms with Crippen molar-refractivity contribution in [2.45, 2.75) is 0 Å². The molecule has 0 fully saturated rings. The number of nitrogens with zero attached hydrogens (tertiary/aromatic N) is 2. The van der Waals surface area contributed by atoms with Gasteiger partial charge in [0.1, 0.15) is 11.2 Å². The van der Waals surface area contributed by atoms with Crippen molar-refractivity contribution in [3.63, 3.8) is 0 Å². The zero-order valence-electron chi connectivity index (χ0n) is 38.9. The van der Waals surface area contributed by atoms with Crippen molar-refractivity contribution in [2.24, 2.45) is 0 Å². The molecule has 3 nitrogen and oxygen atoms in total. The summed E-state index contributed by atoms with van der Waals surface area (Å²) in [6.45, 7) is 0. The maximum absolute atomic E-state index is 6.43. The number of benzene rings is 12. The molecule has 13 rings (SSSR count). The average Bonchev–Trinajstić information content (AvgIpc) is 3.82. The van der Waals surface area contributed by atoms with E-state index in [9.17, 15) is 0 Å². The molecule has 0 unspecified atom stereocenters. The molecule has 0 N–H and O–H groups in total. The molecule has 12 aromatic carbocycles. The van der Waals surface area contributed by atoms with Crippen molar-refractivity contribution in [1.29, 1.82) is 0 Å². The number of hydrogen-bond acceptors (Lipinski definition) is 3. The molecule has 0 aliphatic rings. The highest BCUT2D eigenvalue weighted by Crippen LogP contribution is 2.47. The maximum Gasteiger partial charge on any atom is 0.135 e. The predicted octanol–water partition coefficient (Wildman–Crippen LogP) is 19.5. The van der Waals surface area contributed by atoms with Gasteiger partial charge in [-0.15, -0.1) is 0 Å². The lowest BCUT2D eigenvalue weighted by Crippen LogP contribution is -2.14. The summed E-state index contributed by atoms with van der Waals surface area (Å²) >= 11 is 0. The number of hydrogen-bond donors (Lipinski definition) is 0. The molecule has 71 heavy (non-hydrogen) atoms. The van der Waals surface area contributed by atoms with E-state index in [0.29, 0.717) is 0 Å². The SMILES string of the molecule is c1ccc(-c2ccc(N(c3ccc(-c4ccccc4)cc3)c3cc(-c4cc5ccccc5c5ccccc45)cc(N(c4cccc(-c5ccccc5)c4)c4ccc5oc6ccccc6c5c4)c3)cc2)cc1. The number of furan rings is 1. The quantitative estimate of drug-likeness (QED) is 0.128. The van der Waals surface area contributed by atoms with Crippen LogP contribution in [0.4, 0.5) is 34.1 Å². The van der Waals surface area contributed by atoms with Gasteiger partial charge in [0.2, 0.25) is 0 Å². The molecule has 1 aromatic heterocycles. The molecule has 0 aliphatic heterocycles. The summed E-state index contributed by atoms with van der Waals surface area (Å²) < 4.78 is 6.43. The third-order valence-corrected chi connectivity index (χ3v) is 13.8. The fourth-order valence-corrected chi connectivity index (χ4v) is 10.4. The highest BCUT2D eigenvalue weighted by atomic mass is 16.3. The monoisotopic (exact) mass is 906 g/mol. The van der Waals surface area contributed by atoms with E-state index in [1.165, 1.54) is 32.7 Å². The van der Waals surface area contributed by atoms with Crippen molar-refractivity contribution in [3.8, 4) is 44.5 Å². The molecule has 0 aliphatic carbocycles. The van der Waals surface area contributed by atoms with Crippen LogP contribution in [-0.2, 0) is 0 Å². The van der Waals surface area contributed by atoms with Gasteiger partial charge in [0.25, 0.3) is 0 Å². The van der Waals surface area contributed by atoms with Gasteiger partial charge >= 0.3 is 0 Å². The molecule has 13 aromatic rings. The predicted molar refractivity (Wildman–Crippen MR) is 300 cm³/mol. The number of para-hydroxylation sites is 1. The second-order valence-corrected chi connectivity index (χ2v) is 18.1. The van der Waals surface area contributed by atoms with Crippen LogP contribution in [0.5, 0.6) is 0 Å². The first-order chi connectivity index (χ1) is 35.2. The van der Waals surface area contributed by atoms with Crippen LogP contribution in [0.1, 0.15) is 0 Å². The molecule has 0 saturated heterocycles. The molecule has 0 bridgehead atoms. The minimum atomic E-state index is 0.856. The highest BCUT2D eigenvalue weighted by molar-refractivity contribution is 6.14. The van der Waals surface area contributed by atoms with E-state index < -0.39 is 0 Å². The van der Waals surface area contributed by atoms with Crippen LogP contribution < -0.4 is 9.80 Å². The Morgan fingerprint density at radius 3 is 1.28 bits per heavy atom. The second-order valence-electron chi connectivity index (χ2n) is 18.1. The van der Waals surface area contributed by atoms with E-state index in [1.807, 2.05) is 12.1 Å². The van der Waals surface area contributed by atoms with Crippen LogP contribution in [0.25, 0.3) is 88.0 Å². The number of anilines is 6. The Morgan fingerprint density at radius 1 is 0.211 bits per heavy atom. The van der Waals surface area contributed by atoms with Crippen LogP contribution in [0.3, 0.4) is 0 Å². The summed E-state index contributed by atoms with van der Waals surface area (Å²) in [6.07, 6.45) is 0. The van der Waals surface area contributed by atoms with Crippen LogP contribution in [0, 0.1) is 0 Å². The topological polar surface area (TPSA) is 19.6 Å². The van der Waals surface area contributed by atoms with E-state index in [1.54, 1.807) is 0 Å². The highest BCUT2D eigenvalue weighted by Gasteiger charge is 2.22. The Balaban J connectivity index is 1.09. The smallest absolute Gasteiger partial charge is 0.135 e. The zero-order valence-corrected chi connectivity index (χ0v) is 38.9. The summed E-state index contributed by atoms with van der Waals surface area (Å²) in [6, 6.07) is 101. The Kier molecular flexibility index (Phi) is 10.5. The van der Waals surface area contributed by atoms with Crippen molar-refractivity contribution >= 4 is 77.6 Å². The molecule has 0 saturated carbocycles. The first kappa shape index (κ1) is 41.7. The lowest BCUT2D eigenvalue weighted by molar-refractivity contribution is 0.669. The van der Waals surface area contributed by atoms with Crippen molar-refractivity contribution in [1.82, 2.24) is 0 Å². The average molecular weight is 907 g/mol. The van der Waals surface area contributed by atoms with Crippen LogP contribution in [-0.4, -0.2) is 0 Å². The molecular formula is C68H46N2O. The molecule has 3 heteroatoms. The van der Waals surface area contributed by atoms with Gasteiger partial charge in [0, 0.05) is 44.9 Å². The Hall–Kier alpha value is -9.44. The minimum absolute atomic E-state index is 0.856. The fourth-order valence-electron chi connectivity index (χ4n) is 10.4. The Bertz CT molecular complexity index is 3950. The molecule has 334 valence electrons. The van der Waals surface area contributed by atoms with Gasteiger partial charge < -0.3 is 14.2 Å². The van der Waals surface area contributed by atoms with Gasteiger partial charge in [-0.2, -0.15) is 0 Å². The van der Waals surface area contributed by atoms with Gasteiger partial charge in [0.15, 0.2) is 0 Å². The van der Waals surface area contributed by atoms with E-state index in [0.717, 1.165) is 89.4 Å². The zero-order chi connectivity index (χ0) is 47.1. The number of rotatable bonds is 10. The third kappa shape index (κ3) is 7.86. The van der Waals surface area contributed by atoms with E-state index >= 15 is 0 Å². The molecular weight excluding hydrogens is 861 g/mol. The lowest BCUT2D eigenvalue weighted by Gasteiger charge is -2.31. The first-order valence-electron chi connectivity index (χ1n) is 24.2. The van der Waals surface area contributed by atoms with E-state index in [-0.39, 0.29) is 0 Å². The number of fused-ring (bicyclic) bond motifs is 6. The van der Waals surface area contributed by atoms with Gasteiger partial charge in [0.05, 0.1) is 0 Å². The normalized spacial score (nSPS) is 11.4. The Morgan fingerprint density at radius 2 is 0.648 bits per heavy atom. The van der Waals surface area contributed by atoms with Crippen molar-refractivity contribution < 1.29 is 4.42 Å². The van der Waals surface area contributed by atoms with Crippen molar-refractivity contribution in [3.05, 3.63) is 279 Å². The van der Waals surface area contributed by atoms with Gasteiger partial charge in [-0.05, 0) is 151 Å². The Labute approximate surface area is 413 Å². The van der Waals surface area contributed by atoms with Gasteiger partial charge in [-0.1, -0.05) is 194 Å². The van der Waals surface area contributed by atoms with Crippen LogP contribution in [0.2, 0.25) is 0 Å². The van der Waals surface area contributed by atoms with Crippen LogP contribution in [0.15, 0.2) is 283 Å². The summed E-state index contributed by atoms with van der Waals surface area (Å²) in [5.74, 6) is 0. The fraction of sp³-hybridized carbons (Fsp3) is 0. The van der Waals surface area contributed by atoms with Crippen LogP contribution >= 0.6 is 0 Å².